The summed E-state index contributed by atoms with van der Waals surface area (Å²) < 4.78 is 37.4. The van der Waals surface area contributed by atoms with E-state index in [1.807, 2.05) is 18.7 Å². The average molecular weight is 339 g/mol. The van der Waals surface area contributed by atoms with Crippen molar-refractivity contribution in [1.29, 1.82) is 0 Å². The third-order valence-electron chi connectivity index (χ3n) is 3.70. The molecule has 0 amide bonds. The van der Waals surface area contributed by atoms with Crippen LogP contribution in [0.3, 0.4) is 0 Å². The van der Waals surface area contributed by atoms with Crippen molar-refractivity contribution in [3.63, 3.8) is 0 Å². The maximum absolute atomic E-state index is 13.8. The van der Waals surface area contributed by atoms with Gasteiger partial charge in [-0.1, -0.05) is 6.07 Å². The minimum Gasteiger partial charge on any atom is -0.467 e. The van der Waals surface area contributed by atoms with Crippen molar-refractivity contribution < 1.29 is 23.0 Å². The molecule has 0 radical (unpaired) electrons. The van der Waals surface area contributed by atoms with Gasteiger partial charge in [0.05, 0.1) is 19.0 Å². The van der Waals surface area contributed by atoms with Gasteiger partial charge >= 0.3 is 0 Å². The summed E-state index contributed by atoms with van der Waals surface area (Å²) in [6, 6.07) is 7.20. The summed E-state index contributed by atoms with van der Waals surface area (Å²) in [6.45, 7) is 4.97. The lowest BCUT2D eigenvalue weighted by atomic mass is 10.1. The summed E-state index contributed by atoms with van der Waals surface area (Å²) >= 11 is 0. The van der Waals surface area contributed by atoms with Crippen molar-refractivity contribution >= 4 is 0 Å². The van der Waals surface area contributed by atoms with Crippen molar-refractivity contribution in [2.45, 2.75) is 39.1 Å². The Kier molecular flexibility index (Phi) is 6.90. The van der Waals surface area contributed by atoms with Crippen LogP contribution in [-0.4, -0.2) is 35.3 Å². The summed E-state index contributed by atoms with van der Waals surface area (Å²) in [5.74, 6) is -0.487. The van der Waals surface area contributed by atoms with Crippen LogP contribution in [0.4, 0.5) is 8.78 Å². The van der Waals surface area contributed by atoms with Gasteiger partial charge in [0.1, 0.15) is 24.0 Å². The fourth-order valence-corrected chi connectivity index (χ4v) is 2.34. The molecule has 1 atom stereocenters. The normalized spacial score (nSPS) is 13.0. The third-order valence-corrected chi connectivity index (χ3v) is 3.70. The van der Waals surface area contributed by atoms with Gasteiger partial charge in [-0.3, -0.25) is 4.90 Å². The summed E-state index contributed by atoms with van der Waals surface area (Å²) in [4.78, 5) is 1.91. The molecule has 1 aromatic carbocycles. The number of nitrogens with zero attached hydrogens (tertiary/aromatic N) is 1. The zero-order valence-corrected chi connectivity index (χ0v) is 13.9. The Bertz CT molecular complexity index is 617. The Balaban J connectivity index is 1.85. The molecule has 0 spiro atoms. The summed E-state index contributed by atoms with van der Waals surface area (Å²) in [5, 5.41) is 10.1. The second-order valence-electron chi connectivity index (χ2n) is 6.01. The number of aliphatic hydroxyl groups excluding tert-OH is 1. The predicted molar refractivity (Wildman–Crippen MR) is 86.3 cm³/mol. The van der Waals surface area contributed by atoms with E-state index in [4.69, 9.17) is 9.15 Å². The fourth-order valence-electron chi connectivity index (χ4n) is 2.34. The lowest BCUT2D eigenvalue weighted by Crippen LogP contribution is -2.39. The van der Waals surface area contributed by atoms with Gasteiger partial charge in [0.2, 0.25) is 0 Å². The Hall–Kier alpha value is -1.76. The maximum atomic E-state index is 13.8. The van der Waals surface area contributed by atoms with Crippen LogP contribution in [0.5, 0.6) is 0 Å². The molecule has 6 heteroatoms. The highest BCUT2D eigenvalue weighted by Gasteiger charge is 2.17. The molecule has 2 rings (SSSR count). The SMILES string of the molecule is CC(C)N(Cc1ccc(F)cc1F)CC(O)COCc1ccco1. The van der Waals surface area contributed by atoms with Crippen LogP contribution in [0.25, 0.3) is 0 Å². The standard InChI is InChI=1S/C18H23F2NO3/c1-13(2)21(9-14-5-6-15(19)8-18(14)20)10-16(22)11-23-12-17-4-3-7-24-17/h3-8,13,16,22H,9-12H2,1-2H3. The topological polar surface area (TPSA) is 45.8 Å². The monoisotopic (exact) mass is 339 g/mol. The summed E-state index contributed by atoms with van der Waals surface area (Å²) in [5.41, 5.74) is 0.397. The number of aliphatic hydroxyl groups is 1. The number of hydrogen-bond acceptors (Lipinski definition) is 4. The van der Waals surface area contributed by atoms with Gasteiger partial charge in [0, 0.05) is 30.8 Å². The van der Waals surface area contributed by atoms with Gasteiger partial charge in [0.15, 0.2) is 0 Å². The van der Waals surface area contributed by atoms with E-state index in [9.17, 15) is 13.9 Å². The predicted octanol–water partition coefficient (Wildman–Crippen LogP) is 3.35. The molecule has 4 nitrogen and oxygen atoms in total. The Morgan fingerprint density at radius 1 is 1.25 bits per heavy atom. The Morgan fingerprint density at radius 3 is 2.67 bits per heavy atom. The molecule has 0 aliphatic rings. The molecule has 1 aromatic heterocycles. The van der Waals surface area contributed by atoms with Gasteiger partial charge in [-0.05, 0) is 32.0 Å². The molecule has 0 aliphatic heterocycles. The molecule has 0 bridgehead atoms. The molecule has 0 saturated heterocycles. The first kappa shape index (κ1) is 18.6. The van der Waals surface area contributed by atoms with Gasteiger partial charge in [-0.25, -0.2) is 8.78 Å². The highest BCUT2D eigenvalue weighted by Crippen LogP contribution is 2.14. The highest BCUT2D eigenvalue weighted by molar-refractivity contribution is 5.18. The maximum Gasteiger partial charge on any atom is 0.130 e. The van der Waals surface area contributed by atoms with E-state index in [1.54, 1.807) is 18.4 Å². The van der Waals surface area contributed by atoms with Gasteiger partial charge < -0.3 is 14.3 Å². The van der Waals surface area contributed by atoms with Crippen molar-refractivity contribution in [3.05, 3.63) is 59.6 Å². The molecule has 1 heterocycles. The molecule has 1 unspecified atom stereocenters. The zero-order valence-electron chi connectivity index (χ0n) is 13.9. The van der Waals surface area contributed by atoms with E-state index in [0.29, 0.717) is 31.0 Å². The van der Waals surface area contributed by atoms with E-state index in [-0.39, 0.29) is 12.6 Å². The molecule has 24 heavy (non-hydrogen) atoms. The van der Waals surface area contributed by atoms with Crippen LogP contribution in [-0.2, 0) is 17.9 Å². The Morgan fingerprint density at radius 2 is 2.04 bits per heavy atom. The van der Waals surface area contributed by atoms with E-state index in [2.05, 4.69) is 0 Å². The van der Waals surface area contributed by atoms with E-state index >= 15 is 0 Å². The van der Waals surface area contributed by atoms with Gasteiger partial charge in [0.25, 0.3) is 0 Å². The first-order valence-corrected chi connectivity index (χ1v) is 7.92. The molecular formula is C18H23F2NO3. The third kappa shape index (κ3) is 5.70. The van der Waals surface area contributed by atoms with Gasteiger partial charge in [-0.15, -0.1) is 0 Å². The average Bonchev–Trinajstić information content (AvgIpc) is 3.02. The van der Waals surface area contributed by atoms with Crippen LogP contribution in [0.15, 0.2) is 41.0 Å². The molecule has 0 fully saturated rings. The lowest BCUT2D eigenvalue weighted by Gasteiger charge is -2.28. The number of ether oxygens (including phenoxy) is 1. The number of hydrogen-bond donors (Lipinski definition) is 1. The quantitative estimate of drug-likeness (QED) is 0.761. The van der Waals surface area contributed by atoms with Crippen molar-refractivity contribution in [3.8, 4) is 0 Å². The smallest absolute Gasteiger partial charge is 0.130 e. The van der Waals surface area contributed by atoms with Crippen LogP contribution < -0.4 is 0 Å². The van der Waals surface area contributed by atoms with E-state index in [0.717, 1.165) is 6.07 Å². The largest absolute Gasteiger partial charge is 0.467 e. The second-order valence-corrected chi connectivity index (χ2v) is 6.01. The van der Waals surface area contributed by atoms with Crippen LogP contribution >= 0.6 is 0 Å². The van der Waals surface area contributed by atoms with Crippen molar-refractivity contribution in [2.24, 2.45) is 0 Å². The first-order valence-electron chi connectivity index (χ1n) is 7.92. The van der Waals surface area contributed by atoms with Crippen molar-refractivity contribution in [2.75, 3.05) is 13.2 Å². The summed E-state index contributed by atoms with van der Waals surface area (Å²) in [7, 11) is 0. The molecule has 0 aliphatic carbocycles. The number of halogens is 2. The highest BCUT2D eigenvalue weighted by atomic mass is 19.1. The molecule has 2 aromatic rings. The first-order chi connectivity index (χ1) is 11.5. The zero-order chi connectivity index (χ0) is 17.5. The second kappa shape index (κ2) is 8.92. The van der Waals surface area contributed by atoms with Crippen LogP contribution in [0.1, 0.15) is 25.2 Å². The van der Waals surface area contributed by atoms with Crippen molar-refractivity contribution in [1.82, 2.24) is 4.90 Å². The molecule has 132 valence electrons. The van der Waals surface area contributed by atoms with Gasteiger partial charge in [-0.2, -0.15) is 0 Å². The van der Waals surface area contributed by atoms with Crippen LogP contribution in [0.2, 0.25) is 0 Å². The van der Waals surface area contributed by atoms with E-state index < -0.39 is 17.7 Å². The fraction of sp³-hybridized carbons (Fsp3) is 0.444. The molecule has 1 N–H and O–H groups in total. The van der Waals surface area contributed by atoms with Crippen LogP contribution in [0, 0.1) is 11.6 Å². The lowest BCUT2D eigenvalue weighted by molar-refractivity contribution is -0.00133. The minimum absolute atomic E-state index is 0.0918. The number of benzene rings is 1. The van der Waals surface area contributed by atoms with E-state index in [1.165, 1.54) is 12.1 Å². The number of furan rings is 1. The molecule has 0 saturated carbocycles. The molecular weight excluding hydrogens is 316 g/mol. The number of rotatable bonds is 9. The Labute approximate surface area is 140 Å². The summed E-state index contributed by atoms with van der Waals surface area (Å²) in [6.07, 6.45) is 0.846. The minimum atomic E-state index is -0.717.